The SMILES string of the molecule is CCN1C[C@H]2C[C@H]2[C@@H](Oc2ccc3c(c2)CN(C2CCC(=O)NC2=O)C3=O)C1. The van der Waals surface area contributed by atoms with E-state index in [9.17, 15) is 14.4 Å². The van der Waals surface area contributed by atoms with Gasteiger partial charge in [-0.1, -0.05) is 6.92 Å². The molecule has 0 radical (unpaired) electrons. The number of hydrogen-bond donors (Lipinski definition) is 1. The minimum atomic E-state index is -0.578. The first kappa shape index (κ1) is 17.7. The van der Waals surface area contributed by atoms with Gasteiger partial charge in [-0.3, -0.25) is 24.6 Å². The molecule has 7 heteroatoms. The number of rotatable bonds is 4. The summed E-state index contributed by atoms with van der Waals surface area (Å²) in [6.07, 6.45) is 2.10. The third-order valence-corrected chi connectivity index (χ3v) is 6.62. The van der Waals surface area contributed by atoms with Crippen molar-refractivity contribution in [2.45, 2.75) is 44.9 Å². The highest BCUT2D eigenvalue weighted by atomic mass is 16.5. The van der Waals surface area contributed by atoms with E-state index < -0.39 is 6.04 Å². The quantitative estimate of drug-likeness (QED) is 0.790. The molecular formula is C21H25N3O4. The Bertz CT molecular complexity index is 854. The molecule has 148 valence electrons. The molecule has 1 aromatic rings. The van der Waals surface area contributed by atoms with Gasteiger partial charge in [0, 0.05) is 37.5 Å². The first-order valence-electron chi connectivity index (χ1n) is 10.2. The summed E-state index contributed by atoms with van der Waals surface area (Å²) in [5.74, 6) is 1.41. The maximum atomic E-state index is 12.8. The molecule has 0 bridgehead atoms. The Morgan fingerprint density at radius 1 is 1.21 bits per heavy atom. The van der Waals surface area contributed by atoms with Gasteiger partial charge in [0.05, 0.1) is 0 Å². The number of piperidine rings is 2. The van der Waals surface area contributed by atoms with Crippen LogP contribution in [0.5, 0.6) is 5.75 Å². The molecule has 3 amide bonds. The second-order valence-electron chi connectivity index (χ2n) is 8.39. The van der Waals surface area contributed by atoms with Gasteiger partial charge in [-0.2, -0.15) is 0 Å². The van der Waals surface area contributed by atoms with E-state index in [2.05, 4.69) is 17.1 Å². The number of benzene rings is 1. The Labute approximate surface area is 164 Å². The first-order chi connectivity index (χ1) is 13.5. The number of imide groups is 1. The van der Waals surface area contributed by atoms with E-state index in [4.69, 9.17) is 4.74 Å². The van der Waals surface area contributed by atoms with Crippen LogP contribution in [0.25, 0.3) is 0 Å². The number of amides is 3. The largest absolute Gasteiger partial charge is 0.489 e. The van der Waals surface area contributed by atoms with Crippen LogP contribution in [0.3, 0.4) is 0 Å². The molecule has 4 aliphatic rings. The molecule has 3 heterocycles. The monoisotopic (exact) mass is 383 g/mol. The van der Waals surface area contributed by atoms with Gasteiger partial charge in [0.15, 0.2) is 0 Å². The van der Waals surface area contributed by atoms with Gasteiger partial charge in [0.1, 0.15) is 17.9 Å². The molecule has 3 aliphatic heterocycles. The van der Waals surface area contributed by atoms with Crippen LogP contribution in [0.1, 0.15) is 42.1 Å². The lowest BCUT2D eigenvalue weighted by Crippen LogP contribution is -2.52. The highest BCUT2D eigenvalue weighted by molar-refractivity contribution is 6.05. The summed E-state index contributed by atoms with van der Waals surface area (Å²) in [6, 6.07) is 5.04. The highest BCUT2D eigenvalue weighted by Crippen LogP contribution is 2.46. The summed E-state index contributed by atoms with van der Waals surface area (Å²) in [5.41, 5.74) is 1.52. The van der Waals surface area contributed by atoms with Gasteiger partial charge in [0.25, 0.3) is 5.91 Å². The van der Waals surface area contributed by atoms with Gasteiger partial charge in [-0.25, -0.2) is 0 Å². The van der Waals surface area contributed by atoms with Crippen LogP contribution in [0.2, 0.25) is 0 Å². The van der Waals surface area contributed by atoms with E-state index in [1.54, 1.807) is 4.90 Å². The third kappa shape index (κ3) is 2.98. The van der Waals surface area contributed by atoms with E-state index in [0.29, 0.717) is 24.4 Å². The predicted molar refractivity (Wildman–Crippen MR) is 101 cm³/mol. The van der Waals surface area contributed by atoms with Crippen molar-refractivity contribution in [3.8, 4) is 5.75 Å². The minimum absolute atomic E-state index is 0.145. The Balaban J connectivity index is 1.31. The first-order valence-corrected chi connectivity index (χ1v) is 10.2. The fraction of sp³-hybridized carbons (Fsp3) is 0.571. The van der Waals surface area contributed by atoms with Crippen LogP contribution in [-0.2, 0) is 16.1 Å². The lowest BCUT2D eigenvalue weighted by molar-refractivity contribution is -0.136. The number of carbonyl (C=O) groups excluding carboxylic acids is 3. The van der Waals surface area contributed by atoms with Crippen molar-refractivity contribution < 1.29 is 19.1 Å². The van der Waals surface area contributed by atoms with Crippen molar-refractivity contribution in [2.75, 3.05) is 19.6 Å². The molecule has 0 spiro atoms. The number of likely N-dealkylation sites (N-methyl/N-ethyl adjacent to an activating group) is 1. The molecule has 1 saturated carbocycles. The number of nitrogens with zero attached hydrogens (tertiary/aromatic N) is 2. The minimum Gasteiger partial charge on any atom is -0.489 e. The van der Waals surface area contributed by atoms with Crippen molar-refractivity contribution in [1.82, 2.24) is 15.1 Å². The number of carbonyl (C=O) groups is 3. The van der Waals surface area contributed by atoms with Crippen LogP contribution in [0.4, 0.5) is 0 Å². The maximum absolute atomic E-state index is 12.8. The number of likely N-dealkylation sites (tertiary alicyclic amines) is 1. The summed E-state index contributed by atoms with van der Waals surface area (Å²) in [4.78, 5) is 40.3. The summed E-state index contributed by atoms with van der Waals surface area (Å²) in [7, 11) is 0. The molecule has 4 atom stereocenters. The lowest BCUT2D eigenvalue weighted by Gasteiger charge is -2.31. The van der Waals surface area contributed by atoms with E-state index in [0.717, 1.165) is 30.3 Å². The molecule has 1 aliphatic carbocycles. The van der Waals surface area contributed by atoms with Crippen molar-refractivity contribution >= 4 is 17.7 Å². The van der Waals surface area contributed by atoms with E-state index in [1.165, 1.54) is 13.0 Å². The second-order valence-corrected chi connectivity index (χ2v) is 8.39. The number of ether oxygens (including phenoxy) is 1. The Morgan fingerprint density at radius 2 is 2.07 bits per heavy atom. The summed E-state index contributed by atoms with van der Waals surface area (Å²) >= 11 is 0. The predicted octanol–water partition coefficient (Wildman–Crippen LogP) is 1.17. The smallest absolute Gasteiger partial charge is 0.255 e. The molecule has 1 aromatic carbocycles. The molecule has 3 fully saturated rings. The number of fused-ring (bicyclic) bond motifs is 2. The van der Waals surface area contributed by atoms with Gasteiger partial charge in [-0.15, -0.1) is 0 Å². The fourth-order valence-corrected chi connectivity index (χ4v) is 4.91. The zero-order valence-corrected chi connectivity index (χ0v) is 16.0. The van der Waals surface area contributed by atoms with Crippen molar-refractivity contribution in [3.63, 3.8) is 0 Å². The molecule has 28 heavy (non-hydrogen) atoms. The third-order valence-electron chi connectivity index (χ3n) is 6.62. The van der Waals surface area contributed by atoms with Crippen LogP contribution in [-0.4, -0.2) is 59.3 Å². The van der Waals surface area contributed by atoms with Crippen molar-refractivity contribution in [1.29, 1.82) is 0 Å². The van der Waals surface area contributed by atoms with Crippen LogP contribution >= 0.6 is 0 Å². The second kappa shape index (κ2) is 6.58. The van der Waals surface area contributed by atoms with E-state index in [-0.39, 0.29) is 30.2 Å². The van der Waals surface area contributed by atoms with E-state index >= 15 is 0 Å². The van der Waals surface area contributed by atoms with Gasteiger partial charge < -0.3 is 9.64 Å². The zero-order chi connectivity index (χ0) is 19.4. The number of nitrogens with one attached hydrogen (secondary N) is 1. The molecule has 0 aromatic heterocycles. The van der Waals surface area contributed by atoms with Gasteiger partial charge >= 0.3 is 0 Å². The summed E-state index contributed by atoms with van der Waals surface area (Å²) in [5, 5.41) is 2.34. The van der Waals surface area contributed by atoms with Crippen LogP contribution in [0.15, 0.2) is 18.2 Å². The lowest BCUT2D eigenvalue weighted by atomic mass is 10.0. The molecule has 7 nitrogen and oxygen atoms in total. The average Bonchev–Trinajstić information content (AvgIpc) is 3.39. The van der Waals surface area contributed by atoms with Gasteiger partial charge in [0.2, 0.25) is 11.8 Å². The zero-order valence-electron chi connectivity index (χ0n) is 16.0. The van der Waals surface area contributed by atoms with Crippen LogP contribution in [0, 0.1) is 11.8 Å². The number of hydrogen-bond acceptors (Lipinski definition) is 5. The topological polar surface area (TPSA) is 79.0 Å². The summed E-state index contributed by atoms with van der Waals surface area (Å²) in [6.45, 7) is 5.75. The van der Waals surface area contributed by atoms with Crippen LogP contribution < -0.4 is 10.1 Å². The fourth-order valence-electron chi connectivity index (χ4n) is 4.91. The molecule has 2 saturated heterocycles. The molecular weight excluding hydrogens is 358 g/mol. The molecule has 5 rings (SSSR count). The Morgan fingerprint density at radius 3 is 2.86 bits per heavy atom. The normalized spacial score (nSPS) is 32.0. The molecule has 1 N–H and O–H groups in total. The van der Waals surface area contributed by atoms with Crippen molar-refractivity contribution in [2.24, 2.45) is 11.8 Å². The molecule has 1 unspecified atom stereocenters. The maximum Gasteiger partial charge on any atom is 0.255 e. The summed E-state index contributed by atoms with van der Waals surface area (Å²) < 4.78 is 6.32. The Kier molecular flexibility index (Phi) is 4.16. The Hall–Kier alpha value is -2.41. The van der Waals surface area contributed by atoms with Crippen molar-refractivity contribution in [3.05, 3.63) is 29.3 Å². The highest BCUT2D eigenvalue weighted by Gasteiger charge is 2.49. The average molecular weight is 383 g/mol. The standard InChI is InChI=1S/C21H25N3O4/c1-2-23-9-13-8-16(13)18(11-23)28-14-3-4-15-12(7-14)10-24(21(15)27)17-5-6-19(25)22-20(17)26/h3-4,7,13,16-18H,2,5-6,8-11H2,1H3,(H,22,25,26)/t13-,16-,17?,18+/m1/s1. The van der Waals surface area contributed by atoms with Gasteiger partial charge in [-0.05, 0) is 49.1 Å². The van der Waals surface area contributed by atoms with E-state index in [1.807, 2.05) is 18.2 Å².